The smallest absolute Gasteiger partial charge is 0.338 e. The molecular formula is C41H58N2O5. The highest BCUT2D eigenvalue weighted by atomic mass is 16.6. The number of carbonyl (C=O) groups excluding carboxylic acids is 2. The minimum absolute atomic E-state index is 0.00451. The van der Waals surface area contributed by atoms with Gasteiger partial charge in [0.25, 0.3) is 0 Å². The van der Waals surface area contributed by atoms with E-state index in [0.717, 1.165) is 25.7 Å². The number of nitrogens with two attached hydrogens (primary N) is 2. The van der Waals surface area contributed by atoms with Crippen molar-refractivity contribution in [3.05, 3.63) is 59.7 Å². The van der Waals surface area contributed by atoms with E-state index in [1.165, 1.54) is 38.5 Å². The number of aliphatic hydroxyl groups excluding tert-OH is 1. The maximum absolute atomic E-state index is 13.7. The molecule has 0 amide bonds. The minimum Gasteiger partial charge on any atom is -0.459 e. The molecule has 0 aromatic heterocycles. The molecule has 0 radical (unpaired) electrons. The van der Waals surface area contributed by atoms with Crippen LogP contribution in [0, 0.1) is 52.3 Å². The van der Waals surface area contributed by atoms with Crippen LogP contribution in [-0.4, -0.2) is 35.9 Å². The van der Waals surface area contributed by atoms with E-state index in [9.17, 15) is 14.7 Å². The van der Waals surface area contributed by atoms with Gasteiger partial charge in [0, 0.05) is 23.9 Å². The van der Waals surface area contributed by atoms with Gasteiger partial charge in [0.05, 0.1) is 11.1 Å². The van der Waals surface area contributed by atoms with Crippen LogP contribution in [-0.2, 0) is 9.47 Å². The van der Waals surface area contributed by atoms with E-state index < -0.39 is 0 Å². The SMILES string of the molecule is CC(CO)CCC[C@@H](C)[C@H]1CC[C@H]2[C@@H]3CC(OC(=O)c4ccc(N)cc4)C4CC(OC(=O)c5ccc(N)cc5)CC[C@]4(C)[C@H]3CC[C@]12C. The second-order valence-corrected chi connectivity index (χ2v) is 16.6. The van der Waals surface area contributed by atoms with Gasteiger partial charge in [-0.1, -0.05) is 40.5 Å². The molecule has 4 saturated carbocycles. The molecule has 4 aliphatic rings. The predicted octanol–water partition coefficient (Wildman–Crippen LogP) is 8.31. The lowest BCUT2D eigenvalue weighted by molar-refractivity contribution is -0.174. The molecule has 7 heteroatoms. The first kappa shape index (κ1) is 34.8. The lowest BCUT2D eigenvalue weighted by Gasteiger charge is -2.62. The number of fused-ring (bicyclic) bond motifs is 5. The normalized spacial score (nSPS) is 35.4. The number of esters is 2. The molecule has 2 aromatic carbocycles. The fourth-order valence-electron chi connectivity index (χ4n) is 11.2. The van der Waals surface area contributed by atoms with Crippen molar-refractivity contribution in [3.8, 4) is 0 Å². The number of carbonyl (C=O) groups is 2. The van der Waals surface area contributed by atoms with Gasteiger partial charge in [-0.05, 0) is 153 Å². The van der Waals surface area contributed by atoms with Gasteiger partial charge in [0.15, 0.2) is 0 Å². The number of aliphatic hydroxyl groups is 1. The first-order chi connectivity index (χ1) is 22.9. The Labute approximate surface area is 287 Å². The minimum atomic E-state index is -0.321. The summed E-state index contributed by atoms with van der Waals surface area (Å²) in [7, 11) is 0. The Morgan fingerprint density at radius 2 is 1.35 bits per heavy atom. The van der Waals surface area contributed by atoms with Gasteiger partial charge in [-0.3, -0.25) is 0 Å². The molecule has 48 heavy (non-hydrogen) atoms. The fraction of sp³-hybridized carbons (Fsp3) is 0.659. The summed E-state index contributed by atoms with van der Waals surface area (Å²) in [5.41, 5.74) is 14.3. The van der Waals surface area contributed by atoms with Crippen molar-refractivity contribution in [1.82, 2.24) is 0 Å². The Balaban J connectivity index is 1.23. The summed E-state index contributed by atoms with van der Waals surface area (Å²) in [6, 6.07) is 13.9. The van der Waals surface area contributed by atoms with Gasteiger partial charge in [-0.2, -0.15) is 0 Å². The number of ether oxygens (including phenoxy) is 2. The molecule has 0 spiro atoms. The van der Waals surface area contributed by atoms with Crippen LogP contribution in [0.5, 0.6) is 0 Å². The van der Waals surface area contributed by atoms with Gasteiger partial charge in [-0.15, -0.1) is 0 Å². The Morgan fingerprint density at radius 3 is 1.98 bits per heavy atom. The molecule has 5 N–H and O–H groups in total. The molecule has 7 nitrogen and oxygen atoms in total. The molecule has 4 aliphatic carbocycles. The number of anilines is 2. The van der Waals surface area contributed by atoms with Crippen molar-refractivity contribution >= 4 is 23.3 Å². The largest absolute Gasteiger partial charge is 0.459 e. The molecule has 4 fully saturated rings. The average Bonchev–Trinajstić information content (AvgIpc) is 3.43. The van der Waals surface area contributed by atoms with Gasteiger partial charge < -0.3 is 26.0 Å². The lowest BCUT2D eigenvalue weighted by Crippen LogP contribution is -2.59. The van der Waals surface area contributed by atoms with Crippen LogP contribution in [0.2, 0.25) is 0 Å². The first-order valence-corrected chi connectivity index (χ1v) is 18.7. The maximum Gasteiger partial charge on any atom is 0.338 e. The van der Waals surface area contributed by atoms with Crippen LogP contribution in [0.1, 0.15) is 119 Å². The van der Waals surface area contributed by atoms with Crippen molar-refractivity contribution in [2.24, 2.45) is 52.3 Å². The van der Waals surface area contributed by atoms with Crippen molar-refractivity contribution < 1.29 is 24.2 Å². The summed E-state index contributed by atoms with van der Waals surface area (Å²) in [6.45, 7) is 9.92. The maximum atomic E-state index is 13.7. The number of rotatable bonds is 10. The van der Waals surface area contributed by atoms with Crippen molar-refractivity contribution in [2.45, 2.75) is 111 Å². The van der Waals surface area contributed by atoms with Gasteiger partial charge in [0.2, 0.25) is 0 Å². The highest BCUT2D eigenvalue weighted by Crippen LogP contribution is 2.69. The molecule has 0 aliphatic heterocycles. The summed E-state index contributed by atoms with van der Waals surface area (Å²) in [4.78, 5) is 26.8. The summed E-state index contributed by atoms with van der Waals surface area (Å²) in [5, 5.41) is 9.52. The number of hydrogen-bond donors (Lipinski definition) is 3. The predicted molar refractivity (Wildman–Crippen MR) is 190 cm³/mol. The summed E-state index contributed by atoms with van der Waals surface area (Å²) >= 11 is 0. The molecular weight excluding hydrogens is 600 g/mol. The zero-order chi connectivity index (χ0) is 34.2. The van der Waals surface area contributed by atoms with Gasteiger partial charge in [-0.25, -0.2) is 9.59 Å². The van der Waals surface area contributed by atoms with Gasteiger partial charge in [0.1, 0.15) is 12.2 Å². The highest BCUT2D eigenvalue weighted by Gasteiger charge is 2.63. The third-order valence-corrected chi connectivity index (χ3v) is 13.9. The van der Waals surface area contributed by atoms with Crippen molar-refractivity contribution in [1.29, 1.82) is 0 Å². The van der Waals surface area contributed by atoms with Gasteiger partial charge >= 0.3 is 11.9 Å². The second-order valence-electron chi connectivity index (χ2n) is 16.6. The third-order valence-electron chi connectivity index (χ3n) is 13.9. The average molecular weight is 659 g/mol. The number of benzene rings is 2. The van der Waals surface area contributed by atoms with Crippen LogP contribution in [0.25, 0.3) is 0 Å². The zero-order valence-corrected chi connectivity index (χ0v) is 29.5. The third kappa shape index (κ3) is 6.73. The van der Waals surface area contributed by atoms with E-state index in [-0.39, 0.29) is 42.1 Å². The van der Waals surface area contributed by atoms with E-state index in [0.29, 0.717) is 69.8 Å². The van der Waals surface area contributed by atoms with Crippen molar-refractivity contribution in [3.63, 3.8) is 0 Å². The zero-order valence-electron chi connectivity index (χ0n) is 29.5. The van der Waals surface area contributed by atoms with Crippen LogP contribution in [0.15, 0.2) is 48.5 Å². The quantitative estimate of drug-likeness (QED) is 0.173. The molecule has 0 saturated heterocycles. The van der Waals surface area contributed by atoms with Crippen LogP contribution < -0.4 is 11.5 Å². The molecule has 2 aromatic rings. The van der Waals surface area contributed by atoms with Crippen LogP contribution in [0.4, 0.5) is 11.4 Å². The van der Waals surface area contributed by atoms with E-state index in [1.54, 1.807) is 48.5 Å². The monoisotopic (exact) mass is 658 g/mol. The topological polar surface area (TPSA) is 125 Å². The highest BCUT2D eigenvalue weighted by molar-refractivity contribution is 5.90. The summed E-state index contributed by atoms with van der Waals surface area (Å²) in [6.07, 6.45) is 11.4. The Kier molecular flexibility index (Phi) is 10.2. The van der Waals surface area contributed by atoms with Crippen LogP contribution in [0.3, 0.4) is 0 Å². The summed E-state index contributed by atoms with van der Waals surface area (Å²) < 4.78 is 12.7. The Hall–Kier alpha value is -3.06. The molecule has 262 valence electrons. The Morgan fingerprint density at radius 1 is 0.771 bits per heavy atom. The second kappa shape index (κ2) is 14.0. The van der Waals surface area contributed by atoms with E-state index in [4.69, 9.17) is 20.9 Å². The lowest BCUT2D eigenvalue weighted by atomic mass is 9.43. The summed E-state index contributed by atoms with van der Waals surface area (Å²) in [5.74, 6) is 2.94. The first-order valence-electron chi connectivity index (χ1n) is 18.7. The Bertz CT molecular complexity index is 1430. The fourth-order valence-corrected chi connectivity index (χ4v) is 11.2. The molecule has 11 atom stereocenters. The van der Waals surface area contributed by atoms with E-state index in [1.807, 2.05) is 0 Å². The van der Waals surface area contributed by atoms with E-state index >= 15 is 0 Å². The molecule has 0 bridgehead atoms. The standard InChI is InChI=1S/C41H58N2O5/c1-25(24-44)6-5-7-26(2)33-16-17-34-32-23-37(48-39(46)28-10-14-30(43)15-11-28)36-22-31(47-38(45)27-8-12-29(42)13-9-27)18-20-41(36,4)35(32)19-21-40(33,34)3/h8-15,25-26,31-37,44H,5-7,16-24,42-43H2,1-4H3/t25?,26-,31?,32+,33-,34+,35+,36?,37?,40-,41-/m1/s1. The number of hydrogen-bond acceptors (Lipinski definition) is 7. The van der Waals surface area contributed by atoms with Crippen LogP contribution >= 0.6 is 0 Å². The molecule has 4 unspecified atom stereocenters. The van der Waals surface area contributed by atoms with Crippen molar-refractivity contribution in [2.75, 3.05) is 18.1 Å². The molecule has 6 rings (SSSR count). The number of nitrogen functional groups attached to an aromatic ring is 2. The molecule has 0 heterocycles. The van der Waals surface area contributed by atoms with E-state index in [2.05, 4.69) is 27.7 Å².